The van der Waals surface area contributed by atoms with Crippen LogP contribution in [0.15, 0.2) is 91.0 Å². The zero-order chi connectivity index (χ0) is 31.6. The van der Waals surface area contributed by atoms with E-state index in [1.165, 1.54) is 0 Å². The first-order valence-corrected chi connectivity index (χ1v) is 16.0. The molecule has 0 radical (unpaired) electrons. The first kappa shape index (κ1) is 29.5. The number of aromatic nitrogens is 2. The minimum atomic E-state index is 0.0000362. The smallest absolute Gasteiger partial charge is 0.254 e. The quantitative estimate of drug-likeness (QED) is 0.259. The van der Waals surface area contributed by atoms with Crippen molar-refractivity contribution in [3.8, 4) is 28.6 Å². The highest BCUT2D eigenvalue weighted by Crippen LogP contribution is 2.30. The Balaban J connectivity index is 1.07. The van der Waals surface area contributed by atoms with Gasteiger partial charge in [0.1, 0.15) is 6.07 Å². The summed E-state index contributed by atoms with van der Waals surface area (Å²) in [4.78, 5) is 41.6. The highest BCUT2D eigenvalue weighted by molar-refractivity contribution is 5.97. The van der Waals surface area contributed by atoms with E-state index in [0.717, 1.165) is 78.0 Å². The second-order valence-electron chi connectivity index (χ2n) is 12.2. The number of hydrogen-bond donors (Lipinski definition) is 1. The fourth-order valence-corrected chi connectivity index (χ4v) is 6.86. The van der Waals surface area contributed by atoms with E-state index in [-0.39, 0.29) is 11.8 Å². The van der Waals surface area contributed by atoms with Crippen molar-refractivity contribution in [1.82, 2.24) is 24.7 Å². The van der Waals surface area contributed by atoms with Gasteiger partial charge in [0.15, 0.2) is 0 Å². The Morgan fingerprint density at radius 2 is 1.35 bits per heavy atom. The highest BCUT2D eigenvalue weighted by atomic mass is 16.2. The Kier molecular flexibility index (Phi) is 8.08. The van der Waals surface area contributed by atoms with Crippen molar-refractivity contribution in [2.75, 3.05) is 39.3 Å². The molecule has 2 saturated heterocycles. The first-order valence-electron chi connectivity index (χ1n) is 16.0. The Morgan fingerprint density at radius 3 is 2.02 bits per heavy atom. The number of piperazine rings is 1. The molecule has 2 amide bonds. The average Bonchev–Trinajstić information content (AvgIpc) is 3.45. The van der Waals surface area contributed by atoms with Crippen LogP contribution in [-0.2, 0) is 0 Å². The number of fused-ring (bicyclic) bond motifs is 1. The molecule has 3 aromatic carbocycles. The van der Waals surface area contributed by atoms with Crippen molar-refractivity contribution in [3.63, 3.8) is 0 Å². The number of amides is 2. The molecule has 0 saturated carbocycles. The predicted octanol–water partition coefficient (Wildman–Crippen LogP) is 6.14. The summed E-state index contributed by atoms with van der Waals surface area (Å²) in [7, 11) is 0. The molecular weight excluding hydrogens is 572 g/mol. The molecule has 0 spiro atoms. The number of benzene rings is 3. The van der Waals surface area contributed by atoms with E-state index in [1.807, 2.05) is 108 Å². The molecule has 0 aliphatic carbocycles. The Hall–Kier alpha value is -5.26. The number of aryl methyl sites for hydroxylation is 1. The summed E-state index contributed by atoms with van der Waals surface area (Å²) in [6.45, 7) is 6.34. The minimum Gasteiger partial charge on any atom is -0.358 e. The van der Waals surface area contributed by atoms with Crippen LogP contribution in [0, 0.1) is 18.3 Å². The third kappa shape index (κ3) is 5.78. The summed E-state index contributed by atoms with van der Waals surface area (Å²) in [6.07, 6.45) is 1.89. The van der Waals surface area contributed by atoms with E-state index in [2.05, 4.69) is 16.0 Å². The number of hydrogen-bond acceptors (Lipinski definition) is 5. The normalized spacial score (nSPS) is 16.0. The monoisotopic (exact) mass is 608 g/mol. The van der Waals surface area contributed by atoms with E-state index in [9.17, 15) is 14.9 Å². The third-order valence-electron chi connectivity index (χ3n) is 9.43. The molecule has 0 bridgehead atoms. The van der Waals surface area contributed by atoms with Crippen LogP contribution in [0.5, 0.6) is 0 Å². The first-order chi connectivity index (χ1) is 22.5. The van der Waals surface area contributed by atoms with Gasteiger partial charge in [0, 0.05) is 84.2 Å². The van der Waals surface area contributed by atoms with Crippen LogP contribution in [0.3, 0.4) is 0 Å². The average molecular weight is 609 g/mol. The van der Waals surface area contributed by atoms with Crippen molar-refractivity contribution >= 4 is 22.7 Å². The predicted molar refractivity (Wildman–Crippen MR) is 179 cm³/mol. The lowest BCUT2D eigenvalue weighted by atomic mass is 10.0. The largest absolute Gasteiger partial charge is 0.358 e. The van der Waals surface area contributed by atoms with E-state index >= 15 is 0 Å². The van der Waals surface area contributed by atoms with E-state index in [1.54, 1.807) is 0 Å². The number of H-pyrrole nitrogens is 1. The van der Waals surface area contributed by atoms with Gasteiger partial charge in [0.05, 0.1) is 17.0 Å². The summed E-state index contributed by atoms with van der Waals surface area (Å²) < 4.78 is 0. The number of rotatable bonds is 5. The van der Waals surface area contributed by atoms with Crippen molar-refractivity contribution < 1.29 is 9.59 Å². The van der Waals surface area contributed by atoms with Gasteiger partial charge in [0.25, 0.3) is 11.8 Å². The molecule has 230 valence electrons. The molecule has 8 nitrogen and oxygen atoms in total. The van der Waals surface area contributed by atoms with Gasteiger partial charge in [-0.25, -0.2) is 4.98 Å². The van der Waals surface area contributed by atoms with E-state index in [0.29, 0.717) is 36.0 Å². The number of carbonyl (C=O) groups excluding carboxylic acids is 2. The fourth-order valence-electron chi connectivity index (χ4n) is 6.86. The molecule has 0 atom stereocenters. The summed E-state index contributed by atoms with van der Waals surface area (Å²) >= 11 is 0. The van der Waals surface area contributed by atoms with Gasteiger partial charge < -0.3 is 14.8 Å². The zero-order valence-electron chi connectivity index (χ0n) is 25.9. The summed E-state index contributed by atoms with van der Waals surface area (Å²) in [5.74, 6) is 0.106. The van der Waals surface area contributed by atoms with Gasteiger partial charge in [-0.2, -0.15) is 5.26 Å². The minimum absolute atomic E-state index is 0.0000362. The molecule has 4 heterocycles. The number of aromatic amines is 1. The second kappa shape index (κ2) is 12.6. The maximum Gasteiger partial charge on any atom is 0.254 e. The summed E-state index contributed by atoms with van der Waals surface area (Å²) in [6, 6.07) is 31.9. The van der Waals surface area contributed by atoms with Gasteiger partial charge in [0.2, 0.25) is 0 Å². The SMILES string of the molecule is Cc1[nH]c2ccc(-c3cc(C(=O)N4CCN(C5CCN(C(=O)c6ccccc6)CC5)CC4)cc(-c4ccccc4)n3)cc2c1C#N. The summed E-state index contributed by atoms with van der Waals surface area (Å²) in [5, 5.41) is 10.6. The standard InChI is InChI=1S/C38H36N6O2/c1-26-33(25-39)32-22-29(12-13-34(32)40-26)36-24-30(23-35(41-36)27-8-4-2-5-9-27)38(46)44-20-18-42(19-21-44)31-14-16-43(17-15-31)37(45)28-10-6-3-7-11-28/h2-13,22-24,31,40H,14-21H2,1H3. The summed E-state index contributed by atoms with van der Waals surface area (Å²) in [5.41, 5.74) is 6.95. The van der Waals surface area contributed by atoms with Crippen LogP contribution < -0.4 is 0 Å². The van der Waals surface area contributed by atoms with Gasteiger partial charge in [-0.3, -0.25) is 14.5 Å². The van der Waals surface area contributed by atoms with Crippen LogP contribution in [0.25, 0.3) is 33.4 Å². The number of piperidine rings is 1. The second-order valence-corrected chi connectivity index (χ2v) is 12.2. The number of nitriles is 1. The Labute approximate surface area is 268 Å². The number of pyridine rings is 1. The fraction of sp³-hybridized carbons (Fsp3) is 0.263. The zero-order valence-corrected chi connectivity index (χ0v) is 25.9. The Morgan fingerprint density at radius 1 is 0.739 bits per heavy atom. The maximum absolute atomic E-state index is 14.0. The van der Waals surface area contributed by atoms with Crippen molar-refractivity contribution in [3.05, 3.63) is 113 Å². The van der Waals surface area contributed by atoms with Gasteiger partial charge in [-0.05, 0) is 56.2 Å². The lowest BCUT2D eigenvalue weighted by Crippen LogP contribution is -2.54. The topological polar surface area (TPSA) is 96.3 Å². The molecule has 1 N–H and O–H groups in total. The molecule has 46 heavy (non-hydrogen) atoms. The number of nitrogens with zero attached hydrogens (tertiary/aromatic N) is 5. The van der Waals surface area contributed by atoms with Crippen LogP contribution in [0.4, 0.5) is 0 Å². The molecule has 2 aliphatic heterocycles. The maximum atomic E-state index is 14.0. The Bertz CT molecular complexity index is 1930. The lowest BCUT2D eigenvalue weighted by Gasteiger charge is -2.42. The molecule has 0 unspecified atom stereocenters. The van der Waals surface area contributed by atoms with Crippen LogP contribution in [-0.4, -0.2) is 81.8 Å². The van der Waals surface area contributed by atoms with Gasteiger partial charge in [-0.1, -0.05) is 54.6 Å². The van der Waals surface area contributed by atoms with E-state index in [4.69, 9.17) is 4.98 Å². The molecule has 2 aliphatic rings. The molecule has 8 heteroatoms. The van der Waals surface area contributed by atoms with Crippen molar-refractivity contribution in [2.24, 2.45) is 0 Å². The van der Waals surface area contributed by atoms with Gasteiger partial charge >= 0.3 is 0 Å². The molecule has 2 fully saturated rings. The molecule has 7 rings (SSSR count). The number of nitrogens with one attached hydrogen (secondary N) is 1. The van der Waals surface area contributed by atoms with Crippen molar-refractivity contribution in [2.45, 2.75) is 25.8 Å². The molecule has 5 aromatic rings. The van der Waals surface area contributed by atoms with Crippen LogP contribution in [0.2, 0.25) is 0 Å². The number of carbonyl (C=O) groups is 2. The third-order valence-corrected chi connectivity index (χ3v) is 9.43. The van der Waals surface area contributed by atoms with Crippen molar-refractivity contribution in [1.29, 1.82) is 5.26 Å². The van der Waals surface area contributed by atoms with Crippen LogP contribution >= 0.6 is 0 Å². The highest BCUT2D eigenvalue weighted by Gasteiger charge is 2.31. The van der Waals surface area contributed by atoms with Gasteiger partial charge in [-0.15, -0.1) is 0 Å². The van der Waals surface area contributed by atoms with Crippen LogP contribution in [0.1, 0.15) is 44.8 Å². The lowest BCUT2D eigenvalue weighted by molar-refractivity contribution is 0.0412. The molecule has 2 aromatic heterocycles. The number of likely N-dealkylation sites (tertiary alicyclic amines) is 1. The van der Waals surface area contributed by atoms with E-state index < -0.39 is 0 Å². The molecular formula is C38H36N6O2.